The zero-order chi connectivity index (χ0) is 13.8. The van der Waals surface area contributed by atoms with Crippen LogP contribution in [0.25, 0.3) is 0 Å². The lowest BCUT2D eigenvalue weighted by atomic mass is 10.2. The second-order valence-electron chi connectivity index (χ2n) is 4.69. The van der Waals surface area contributed by atoms with Gasteiger partial charge in [-0.15, -0.1) is 0 Å². The molecule has 20 heavy (non-hydrogen) atoms. The Morgan fingerprint density at radius 1 is 1.15 bits per heavy atom. The van der Waals surface area contributed by atoms with Gasteiger partial charge in [0.25, 0.3) is 0 Å². The van der Waals surface area contributed by atoms with E-state index in [1.54, 1.807) is 11.3 Å². The van der Waals surface area contributed by atoms with Crippen LogP contribution < -0.4 is 0 Å². The van der Waals surface area contributed by atoms with Crippen molar-refractivity contribution in [3.63, 3.8) is 0 Å². The molecule has 0 saturated carbocycles. The van der Waals surface area contributed by atoms with E-state index in [1.807, 2.05) is 41.4 Å². The number of aliphatic imine (C=N–C) groups is 1. The van der Waals surface area contributed by atoms with Crippen LogP contribution in [0.2, 0.25) is 0 Å². The highest BCUT2D eigenvalue weighted by Gasteiger charge is 2.25. The van der Waals surface area contributed by atoms with E-state index >= 15 is 0 Å². The molecule has 2 aliphatic rings. The molecule has 0 radical (unpaired) electrons. The number of benzene rings is 1. The van der Waals surface area contributed by atoms with Crippen molar-refractivity contribution < 1.29 is 4.79 Å². The Morgan fingerprint density at radius 2 is 2.00 bits per heavy atom. The monoisotopic (exact) mass is 265 g/mol. The summed E-state index contributed by atoms with van der Waals surface area (Å²) in [4.78, 5) is 15.9. The van der Waals surface area contributed by atoms with E-state index in [-0.39, 0.29) is 5.91 Å². The zero-order valence-electron chi connectivity index (χ0n) is 11.1. The SMILES string of the molecule is O=C1CCCN1N1C=NC(C#Cc2ccccc2)=CC1. The molecule has 4 heteroatoms. The molecule has 3 rings (SSSR count). The number of carbonyl (C=O) groups is 1. The number of carbonyl (C=O) groups excluding carboxylic acids is 1. The summed E-state index contributed by atoms with van der Waals surface area (Å²) in [6.07, 6.45) is 5.20. The Hall–Kier alpha value is -2.54. The summed E-state index contributed by atoms with van der Waals surface area (Å²) >= 11 is 0. The molecule has 1 amide bonds. The minimum absolute atomic E-state index is 0.170. The van der Waals surface area contributed by atoms with Crippen LogP contribution in [0.4, 0.5) is 0 Å². The van der Waals surface area contributed by atoms with Gasteiger partial charge >= 0.3 is 0 Å². The third-order valence-electron chi connectivity index (χ3n) is 3.27. The molecule has 0 atom stereocenters. The molecule has 0 aliphatic carbocycles. The van der Waals surface area contributed by atoms with Gasteiger partial charge in [0.15, 0.2) is 0 Å². The van der Waals surface area contributed by atoms with Crippen molar-refractivity contribution in [3.05, 3.63) is 47.7 Å². The van der Waals surface area contributed by atoms with Crippen molar-refractivity contribution in [3.8, 4) is 11.8 Å². The lowest BCUT2D eigenvalue weighted by Gasteiger charge is -2.30. The number of hydrogen-bond acceptors (Lipinski definition) is 3. The van der Waals surface area contributed by atoms with Gasteiger partial charge in [0.05, 0.1) is 6.54 Å². The molecule has 1 fully saturated rings. The number of hydrazine groups is 1. The fraction of sp³-hybridized carbons (Fsp3) is 0.250. The van der Waals surface area contributed by atoms with Crippen molar-refractivity contribution >= 4 is 12.2 Å². The van der Waals surface area contributed by atoms with Crippen LogP contribution in [0.1, 0.15) is 18.4 Å². The molecule has 0 spiro atoms. The molecule has 1 aromatic carbocycles. The highest BCUT2D eigenvalue weighted by molar-refractivity contribution is 5.79. The third kappa shape index (κ3) is 2.72. The summed E-state index contributed by atoms with van der Waals surface area (Å²) in [5, 5.41) is 3.60. The van der Waals surface area contributed by atoms with Gasteiger partial charge in [0, 0.05) is 18.5 Å². The van der Waals surface area contributed by atoms with E-state index in [9.17, 15) is 4.79 Å². The summed E-state index contributed by atoms with van der Waals surface area (Å²) in [6, 6.07) is 9.82. The number of amides is 1. The Bertz CT molecular complexity index is 622. The molecule has 1 aromatic rings. The molecule has 4 nitrogen and oxygen atoms in total. The molecule has 1 saturated heterocycles. The lowest BCUT2D eigenvalue weighted by molar-refractivity contribution is -0.136. The first-order valence-electron chi connectivity index (χ1n) is 6.71. The van der Waals surface area contributed by atoms with Crippen molar-refractivity contribution in [2.45, 2.75) is 12.8 Å². The fourth-order valence-corrected chi connectivity index (χ4v) is 2.22. The second-order valence-corrected chi connectivity index (χ2v) is 4.69. The second kappa shape index (κ2) is 5.62. The summed E-state index contributed by atoms with van der Waals surface area (Å²) in [5.41, 5.74) is 1.72. The van der Waals surface area contributed by atoms with Crippen LogP contribution in [-0.4, -0.2) is 35.4 Å². The average molecular weight is 265 g/mol. The molecule has 2 heterocycles. The molecule has 0 N–H and O–H groups in total. The predicted octanol–water partition coefficient (Wildman–Crippen LogP) is 1.80. The maximum Gasteiger partial charge on any atom is 0.241 e. The molecule has 0 bridgehead atoms. The van der Waals surface area contributed by atoms with E-state index in [4.69, 9.17) is 0 Å². The smallest absolute Gasteiger partial charge is 0.241 e. The molecular weight excluding hydrogens is 250 g/mol. The Morgan fingerprint density at radius 3 is 2.65 bits per heavy atom. The summed E-state index contributed by atoms with van der Waals surface area (Å²) in [5.74, 6) is 6.29. The van der Waals surface area contributed by atoms with Gasteiger partial charge in [-0.3, -0.25) is 14.8 Å². The third-order valence-corrected chi connectivity index (χ3v) is 3.27. The first kappa shape index (κ1) is 12.5. The van der Waals surface area contributed by atoms with Gasteiger partial charge in [0.2, 0.25) is 5.91 Å². The van der Waals surface area contributed by atoms with E-state index < -0.39 is 0 Å². The molecular formula is C16H15N3O. The Kier molecular flexibility index (Phi) is 3.51. The van der Waals surface area contributed by atoms with Gasteiger partial charge < -0.3 is 0 Å². The first-order chi connectivity index (χ1) is 9.83. The van der Waals surface area contributed by atoms with Crippen LogP contribution in [0.3, 0.4) is 0 Å². The Labute approximate surface area is 118 Å². The van der Waals surface area contributed by atoms with E-state index in [2.05, 4.69) is 16.8 Å². The minimum atomic E-state index is 0.170. The predicted molar refractivity (Wildman–Crippen MR) is 77.5 cm³/mol. The summed E-state index contributed by atoms with van der Waals surface area (Å²) < 4.78 is 0. The van der Waals surface area contributed by atoms with Crippen molar-refractivity contribution in [1.82, 2.24) is 10.0 Å². The number of hydrogen-bond donors (Lipinski definition) is 0. The van der Waals surface area contributed by atoms with Crippen LogP contribution in [0.15, 0.2) is 47.1 Å². The van der Waals surface area contributed by atoms with Crippen molar-refractivity contribution in [2.75, 3.05) is 13.1 Å². The molecule has 2 aliphatic heterocycles. The largest absolute Gasteiger partial charge is 0.273 e. The van der Waals surface area contributed by atoms with Gasteiger partial charge in [0.1, 0.15) is 12.0 Å². The van der Waals surface area contributed by atoms with Gasteiger partial charge in [-0.25, -0.2) is 4.99 Å². The normalized spacial score (nSPS) is 17.8. The van der Waals surface area contributed by atoms with Gasteiger partial charge in [-0.2, -0.15) is 0 Å². The van der Waals surface area contributed by atoms with E-state index in [0.29, 0.717) is 13.0 Å². The van der Waals surface area contributed by atoms with Crippen molar-refractivity contribution in [2.24, 2.45) is 4.99 Å². The Balaban J connectivity index is 1.65. The highest BCUT2D eigenvalue weighted by atomic mass is 16.2. The molecule has 0 unspecified atom stereocenters. The summed E-state index contributed by atoms with van der Waals surface area (Å²) in [7, 11) is 0. The topological polar surface area (TPSA) is 35.9 Å². The average Bonchev–Trinajstić information content (AvgIpc) is 2.93. The number of allylic oxidation sites excluding steroid dienone is 1. The maximum atomic E-state index is 11.6. The van der Waals surface area contributed by atoms with Crippen LogP contribution in [-0.2, 0) is 4.79 Å². The zero-order valence-corrected chi connectivity index (χ0v) is 11.1. The minimum Gasteiger partial charge on any atom is -0.273 e. The first-order valence-corrected chi connectivity index (χ1v) is 6.71. The number of rotatable bonds is 1. The fourth-order valence-electron chi connectivity index (χ4n) is 2.22. The number of nitrogens with zero attached hydrogens (tertiary/aromatic N) is 3. The standard InChI is InChI=1S/C16H15N3O/c20-16-7-4-11-19(16)18-12-10-15(17-13-18)9-8-14-5-2-1-3-6-14/h1-3,5-6,10,13H,4,7,11-12H2. The lowest BCUT2D eigenvalue weighted by Crippen LogP contribution is -2.43. The maximum absolute atomic E-state index is 11.6. The van der Waals surface area contributed by atoms with E-state index in [1.165, 1.54) is 0 Å². The summed E-state index contributed by atoms with van der Waals surface area (Å²) in [6.45, 7) is 1.43. The molecule has 100 valence electrons. The van der Waals surface area contributed by atoms with E-state index in [0.717, 1.165) is 24.2 Å². The highest BCUT2D eigenvalue weighted by Crippen LogP contribution is 2.14. The van der Waals surface area contributed by atoms with Crippen LogP contribution in [0, 0.1) is 11.8 Å². The van der Waals surface area contributed by atoms with Crippen LogP contribution in [0.5, 0.6) is 0 Å². The van der Waals surface area contributed by atoms with Crippen molar-refractivity contribution in [1.29, 1.82) is 0 Å². The van der Waals surface area contributed by atoms with Crippen LogP contribution >= 0.6 is 0 Å². The van der Waals surface area contributed by atoms with Gasteiger partial charge in [-0.1, -0.05) is 24.1 Å². The van der Waals surface area contributed by atoms with Gasteiger partial charge in [-0.05, 0) is 30.6 Å². The quantitative estimate of drug-likeness (QED) is 0.726. The molecule has 0 aromatic heterocycles.